The van der Waals surface area contributed by atoms with Gasteiger partial charge in [0.05, 0.1) is 12.8 Å². The molecule has 66 valence electrons. The van der Waals surface area contributed by atoms with Gasteiger partial charge in [0.1, 0.15) is 5.75 Å². The second kappa shape index (κ2) is 4.21. The molecule has 3 heteroatoms. The molecular formula is C9H12ClNO. The van der Waals surface area contributed by atoms with E-state index < -0.39 is 0 Å². The van der Waals surface area contributed by atoms with Crippen LogP contribution in [0.1, 0.15) is 6.92 Å². The van der Waals surface area contributed by atoms with Gasteiger partial charge in [-0.3, -0.25) is 0 Å². The summed E-state index contributed by atoms with van der Waals surface area (Å²) in [7, 11) is 1.64. The molecule has 0 aliphatic heterocycles. The smallest absolute Gasteiger partial charge is 0.142 e. The van der Waals surface area contributed by atoms with Crippen LogP contribution in [0.5, 0.6) is 5.75 Å². The number of benzene rings is 1. The first kappa shape index (κ1) is 9.20. The van der Waals surface area contributed by atoms with E-state index in [-0.39, 0.29) is 0 Å². The Morgan fingerprint density at radius 3 is 2.83 bits per heavy atom. The highest BCUT2D eigenvalue weighted by Crippen LogP contribution is 2.27. The molecule has 1 rings (SSSR count). The predicted molar refractivity (Wildman–Crippen MR) is 52.2 cm³/mol. The van der Waals surface area contributed by atoms with E-state index in [0.717, 1.165) is 18.0 Å². The van der Waals surface area contributed by atoms with Crippen LogP contribution in [0, 0.1) is 0 Å². The van der Waals surface area contributed by atoms with Gasteiger partial charge in [-0.15, -0.1) is 0 Å². The van der Waals surface area contributed by atoms with E-state index in [9.17, 15) is 0 Å². The average molecular weight is 186 g/mol. The number of halogens is 1. The van der Waals surface area contributed by atoms with Crippen molar-refractivity contribution in [3.8, 4) is 5.75 Å². The summed E-state index contributed by atoms with van der Waals surface area (Å²) in [6.07, 6.45) is 0. The molecule has 0 spiro atoms. The third kappa shape index (κ3) is 2.05. The standard InChI is InChI=1S/C9H12ClNO/c1-3-11-8-6-7(10)4-5-9(8)12-2/h4-6,11H,3H2,1-2H3. The highest BCUT2D eigenvalue weighted by atomic mass is 35.5. The van der Waals surface area contributed by atoms with Gasteiger partial charge in [-0.2, -0.15) is 0 Å². The number of nitrogens with one attached hydrogen (secondary N) is 1. The highest BCUT2D eigenvalue weighted by molar-refractivity contribution is 6.30. The van der Waals surface area contributed by atoms with Gasteiger partial charge >= 0.3 is 0 Å². The van der Waals surface area contributed by atoms with Gasteiger partial charge in [0.2, 0.25) is 0 Å². The molecule has 0 atom stereocenters. The van der Waals surface area contributed by atoms with Gasteiger partial charge < -0.3 is 10.1 Å². The molecule has 0 aliphatic carbocycles. The van der Waals surface area contributed by atoms with Crippen molar-refractivity contribution < 1.29 is 4.74 Å². The summed E-state index contributed by atoms with van der Waals surface area (Å²) in [6.45, 7) is 2.89. The fourth-order valence-corrected chi connectivity index (χ4v) is 1.18. The Hall–Kier alpha value is -0.890. The fourth-order valence-electron chi connectivity index (χ4n) is 1.01. The molecule has 0 bridgehead atoms. The molecule has 0 unspecified atom stereocenters. The number of anilines is 1. The molecule has 0 aromatic heterocycles. The van der Waals surface area contributed by atoms with Crippen LogP contribution < -0.4 is 10.1 Å². The monoisotopic (exact) mass is 185 g/mol. The summed E-state index contributed by atoms with van der Waals surface area (Å²) >= 11 is 5.81. The maximum absolute atomic E-state index is 5.81. The molecule has 0 saturated heterocycles. The van der Waals surface area contributed by atoms with E-state index in [0.29, 0.717) is 5.02 Å². The van der Waals surface area contributed by atoms with Crippen LogP contribution >= 0.6 is 11.6 Å². The second-order valence-corrected chi connectivity index (χ2v) is 2.81. The predicted octanol–water partition coefficient (Wildman–Crippen LogP) is 2.78. The quantitative estimate of drug-likeness (QED) is 0.782. The number of methoxy groups -OCH3 is 1. The average Bonchev–Trinajstić information content (AvgIpc) is 2.05. The zero-order valence-corrected chi connectivity index (χ0v) is 7.98. The molecular weight excluding hydrogens is 174 g/mol. The van der Waals surface area contributed by atoms with Crippen LogP contribution in [0.3, 0.4) is 0 Å². The first-order valence-corrected chi connectivity index (χ1v) is 4.23. The van der Waals surface area contributed by atoms with Gasteiger partial charge in [0.15, 0.2) is 0 Å². The van der Waals surface area contributed by atoms with Crippen LogP contribution in [0.4, 0.5) is 5.69 Å². The minimum atomic E-state index is 0.715. The first-order valence-electron chi connectivity index (χ1n) is 3.85. The summed E-state index contributed by atoms with van der Waals surface area (Å²) in [6, 6.07) is 5.51. The number of ether oxygens (including phenoxy) is 1. The lowest BCUT2D eigenvalue weighted by Crippen LogP contribution is -1.98. The lowest BCUT2D eigenvalue weighted by Gasteiger charge is -2.09. The summed E-state index contributed by atoms with van der Waals surface area (Å²) in [5, 5.41) is 3.87. The van der Waals surface area contributed by atoms with Crippen LogP contribution in [0.25, 0.3) is 0 Å². The molecule has 1 aromatic rings. The third-order valence-electron chi connectivity index (χ3n) is 1.53. The lowest BCUT2D eigenvalue weighted by atomic mass is 10.3. The summed E-state index contributed by atoms with van der Waals surface area (Å²) < 4.78 is 5.13. The van der Waals surface area contributed by atoms with Gasteiger partial charge in [-0.05, 0) is 25.1 Å². The molecule has 1 aromatic carbocycles. The van der Waals surface area contributed by atoms with Gasteiger partial charge in [-0.1, -0.05) is 11.6 Å². The molecule has 1 N–H and O–H groups in total. The van der Waals surface area contributed by atoms with E-state index in [4.69, 9.17) is 16.3 Å². The van der Waals surface area contributed by atoms with E-state index >= 15 is 0 Å². The van der Waals surface area contributed by atoms with E-state index in [2.05, 4.69) is 5.32 Å². The number of hydrogen-bond acceptors (Lipinski definition) is 2. The van der Waals surface area contributed by atoms with Crippen LogP contribution in [0.15, 0.2) is 18.2 Å². The Bertz CT molecular complexity index is 263. The molecule has 0 saturated carbocycles. The minimum Gasteiger partial charge on any atom is -0.495 e. The van der Waals surface area contributed by atoms with Gasteiger partial charge in [0.25, 0.3) is 0 Å². The third-order valence-corrected chi connectivity index (χ3v) is 1.76. The molecule has 12 heavy (non-hydrogen) atoms. The van der Waals surface area contributed by atoms with Crippen molar-refractivity contribution in [2.24, 2.45) is 0 Å². The van der Waals surface area contributed by atoms with Crippen molar-refractivity contribution >= 4 is 17.3 Å². The van der Waals surface area contributed by atoms with Gasteiger partial charge in [0, 0.05) is 11.6 Å². The molecule has 0 amide bonds. The van der Waals surface area contributed by atoms with Crippen molar-refractivity contribution in [2.75, 3.05) is 19.0 Å². The van der Waals surface area contributed by atoms with Crippen molar-refractivity contribution in [3.05, 3.63) is 23.2 Å². The molecule has 0 heterocycles. The second-order valence-electron chi connectivity index (χ2n) is 2.37. The Morgan fingerprint density at radius 2 is 2.25 bits per heavy atom. The number of hydrogen-bond donors (Lipinski definition) is 1. The van der Waals surface area contributed by atoms with Crippen LogP contribution in [0.2, 0.25) is 5.02 Å². The lowest BCUT2D eigenvalue weighted by molar-refractivity contribution is 0.416. The Balaban J connectivity index is 2.95. The Labute approximate surface area is 77.5 Å². The summed E-state index contributed by atoms with van der Waals surface area (Å²) in [5.41, 5.74) is 0.938. The maximum Gasteiger partial charge on any atom is 0.142 e. The van der Waals surface area contributed by atoms with Crippen LogP contribution in [-0.4, -0.2) is 13.7 Å². The fraction of sp³-hybridized carbons (Fsp3) is 0.333. The minimum absolute atomic E-state index is 0.715. The Kier molecular flexibility index (Phi) is 3.23. The van der Waals surface area contributed by atoms with Crippen molar-refractivity contribution in [2.45, 2.75) is 6.92 Å². The topological polar surface area (TPSA) is 21.3 Å². The molecule has 0 aliphatic rings. The summed E-state index contributed by atoms with van der Waals surface area (Å²) in [5.74, 6) is 0.821. The van der Waals surface area contributed by atoms with Crippen LogP contribution in [-0.2, 0) is 0 Å². The van der Waals surface area contributed by atoms with E-state index in [1.165, 1.54) is 0 Å². The van der Waals surface area contributed by atoms with Crippen molar-refractivity contribution in [1.82, 2.24) is 0 Å². The number of rotatable bonds is 3. The van der Waals surface area contributed by atoms with Crippen molar-refractivity contribution in [3.63, 3.8) is 0 Å². The zero-order chi connectivity index (χ0) is 8.97. The van der Waals surface area contributed by atoms with Gasteiger partial charge in [-0.25, -0.2) is 0 Å². The largest absolute Gasteiger partial charge is 0.495 e. The van der Waals surface area contributed by atoms with Crippen molar-refractivity contribution in [1.29, 1.82) is 0 Å². The normalized spacial score (nSPS) is 9.58. The Morgan fingerprint density at radius 1 is 1.50 bits per heavy atom. The molecule has 0 fully saturated rings. The molecule has 2 nitrogen and oxygen atoms in total. The molecule has 0 radical (unpaired) electrons. The van der Waals surface area contributed by atoms with E-state index in [1.807, 2.05) is 19.1 Å². The first-order chi connectivity index (χ1) is 5.77. The zero-order valence-electron chi connectivity index (χ0n) is 7.23. The maximum atomic E-state index is 5.81. The van der Waals surface area contributed by atoms with E-state index in [1.54, 1.807) is 13.2 Å². The SMILES string of the molecule is CCNc1cc(Cl)ccc1OC. The summed E-state index contributed by atoms with van der Waals surface area (Å²) in [4.78, 5) is 0. The highest BCUT2D eigenvalue weighted by Gasteiger charge is 2.00.